The maximum absolute atomic E-state index is 12.5. The second-order valence-corrected chi connectivity index (χ2v) is 6.59. The first kappa shape index (κ1) is 16.2. The average Bonchev–Trinajstić information content (AvgIpc) is 2.37. The van der Waals surface area contributed by atoms with Crippen LogP contribution in [-0.2, 0) is 0 Å². The molecule has 1 aromatic rings. The minimum Gasteiger partial charge on any atom is -0.389 e. The number of nitrogens with zero attached hydrogens (tertiary/aromatic N) is 3. The van der Waals surface area contributed by atoms with Crippen molar-refractivity contribution in [2.75, 3.05) is 32.7 Å². The highest BCUT2D eigenvalue weighted by atomic mass is 35.5. The van der Waals surface area contributed by atoms with Crippen molar-refractivity contribution in [3.63, 3.8) is 0 Å². The number of piperazine rings is 1. The molecule has 0 saturated carbocycles. The van der Waals surface area contributed by atoms with Gasteiger partial charge in [0.15, 0.2) is 0 Å². The molecule has 1 amide bonds. The third-order valence-electron chi connectivity index (χ3n) is 3.49. The van der Waals surface area contributed by atoms with Crippen molar-refractivity contribution in [3.8, 4) is 0 Å². The van der Waals surface area contributed by atoms with Crippen LogP contribution in [-0.4, -0.2) is 64.1 Å². The maximum atomic E-state index is 12.5. The highest BCUT2D eigenvalue weighted by Gasteiger charge is 2.26. The molecule has 0 aromatic carbocycles. The van der Waals surface area contributed by atoms with Gasteiger partial charge in [0.05, 0.1) is 16.2 Å². The van der Waals surface area contributed by atoms with Crippen molar-refractivity contribution in [2.45, 2.75) is 26.4 Å². The van der Waals surface area contributed by atoms with Crippen LogP contribution in [0.1, 0.15) is 29.9 Å². The molecule has 5 nitrogen and oxygen atoms in total. The van der Waals surface area contributed by atoms with E-state index < -0.39 is 5.60 Å². The molecule has 0 radical (unpaired) electrons. The Labute approximate surface area is 130 Å². The van der Waals surface area contributed by atoms with E-state index in [1.807, 2.05) is 6.92 Å². The maximum Gasteiger partial charge on any atom is 0.257 e. The van der Waals surface area contributed by atoms with Crippen LogP contribution in [0.25, 0.3) is 0 Å². The summed E-state index contributed by atoms with van der Waals surface area (Å²) in [5, 5.41) is 10.3. The molecular formula is C15H22ClN3O2. The van der Waals surface area contributed by atoms with Gasteiger partial charge in [-0.2, -0.15) is 0 Å². The summed E-state index contributed by atoms with van der Waals surface area (Å²) in [5.74, 6) is -0.0737. The van der Waals surface area contributed by atoms with Crippen LogP contribution in [0.3, 0.4) is 0 Å². The number of β-amino-alcohol motifs (C(OH)–C–C–N with tert-alkyl or cyclic N) is 1. The van der Waals surface area contributed by atoms with Gasteiger partial charge in [0.1, 0.15) is 0 Å². The van der Waals surface area contributed by atoms with Crippen LogP contribution in [0.2, 0.25) is 5.02 Å². The van der Waals surface area contributed by atoms with E-state index in [0.717, 1.165) is 18.8 Å². The molecule has 0 spiro atoms. The molecule has 0 bridgehead atoms. The van der Waals surface area contributed by atoms with E-state index in [1.54, 1.807) is 31.0 Å². The molecule has 21 heavy (non-hydrogen) atoms. The zero-order valence-corrected chi connectivity index (χ0v) is 13.5. The van der Waals surface area contributed by atoms with Crippen molar-refractivity contribution in [3.05, 3.63) is 28.5 Å². The molecule has 1 N–H and O–H groups in total. The molecule has 1 fully saturated rings. The highest BCUT2D eigenvalue weighted by Crippen LogP contribution is 2.19. The summed E-state index contributed by atoms with van der Waals surface area (Å²) in [7, 11) is 0. The first-order valence-electron chi connectivity index (χ1n) is 7.12. The van der Waals surface area contributed by atoms with Gasteiger partial charge < -0.3 is 10.0 Å². The van der Waals surface area contributed by atoms with Crippen molar-refractivity contribution in [1.82, 2.24) is 14.8 Å². The number of halogens is 1. The van der Waals surface area contributed by atoms with Gasteiger partial charge in [0.2, 0.25) is 0 Å². The van der Waals surface area contributed by atoms with Crippen LogP contribution in [0.4, 0.5) is 0 Å². The van der Waals surface area contributed by atoms with E-state index in [4.69, 9.17) is 11.6 Å². The monoisotopic (exact) mass is 311 g/mol. The number of carbonyl (C=O) groups excluding carboxylic acids is 1. The quantitative estimate of drug-likeness (QED) is 0.920. The Morgan fingerprint density at radius 2 is 2.00 bits per heavy atom. The largest absolute Gasteiger partial charge is 0.389 e. The lowest BCUT2D eigenvalue weighted by Gasteiger charge is -2.37. The van der Waals surface area contributed by atoms with Crippen molar-refractivity contribution < 1.29 is 9.90 Å². The SMILES string of the molecule is Cc1cc(Cl)c(C(=O)N2CCN(CC(C)(C)O)CC2)cn1. The molecule has 1 aliphatic heterocycles. The fourth-order valence-electron chi connectivity index (χ4n) is 2.51. The number of carbonyl (C=O) groups is 1. The van der Waals surface area contributed by atoms with Gasteiger partial charge in [0.25, 0.3) is 5.91 Å². The van der Waals surface area contributed by atoms with Gasteiger partial charge in [-0.05, 0) is 26.8 Å². The predicted molar refractivity (Wildman–Crippen MR) is 82.6 cm³/mol. The number of aliphatic hydroxyl groups is 1. The fourth-order valence-corrected chi connectivity index (χ4v) is 2.80. The summed E-state index contributed by atoms with van der Waals surface area (Å²) in [6, 6.07) is 1.71. The van der Waals surface area contributed by atoms with Gasteiger partial charge in [-0.3, -0.25) is 14.7 Å². The predicted octanol–water partition coefficient (Wildman–Crippen LogP) is 1.57. The number of aryl methyl sites for hydroxylation is 1. The summed E-state index contributed by atoms with van der Waals surface area (Å²) in [6.45, 7) is 8.83. The smallest absolute Gasteiger partial charge is 0.257 e. The molecule has 1 saturated heterocycles. The van der Waals surface area contributed by atoms with E-state index >= 15 is 0 Å². The lowest BCUT2D eigenvalue weighted by molar-refractivity contribution is 0.0178. The van der Waals surface area contributed by atoms with E-state index in [1.165, 1.54) is 0 Å². The summed E-state index contributed by atoms with van der Waals surface area (Å²) in [4.78, 5) is 20.6. The molecule has 6 heteroatoms. The summed E-state index contributed by atoms with van der Waals surface area (Å²) >= 11 is 6.13. The third kappa shape index (κ3) is 4.40. The zero-order chi connectivity index (χ0) is 15.6. The molecule has 1 aromatic heterocycles. The van der Waals surface area contributed by atoms with E-state index in [9.17, 15) is 9.90 Å². The Balaban J connectivity index is 1.97. The second kappa shape index (κ2) is 6.30. The first-order valence-corrected chi connectivity index (χ1v) is 7.50. The summed E-state index contributed by atoms with van der Waals surface area (Å²) < 4.78 is 0. The average molecular weight is 312 g/mol. The van der Waals surface area contributed by atoms with Crippen LogP contribution in [0, 0.1) is 6.92 Å². The van der Waals surface area contributed by atoms with Gasteiger partial charge in [-0.1, -0.05) is 11.6 Å². The Morgan fingerprint density at radius 1 is 1.38 bits per heavy atom. The molecule has 0 aliphatic carbocycles. The number of pyridine rings is 1. The van der Waals surface area contributed by atoms with Crippen LogP contribution < -0.4 is 0 Å². The minimum absolute atomic E-state index is 0.0737. The van der Waals surface area contributed by atoms with E-state index in [2.05, 4.69) is 9.88 Å². The van der Waals surface area contributed by atoms with Gasteiger partial charge >= 0.3 is 0 Å². The first-order chi connectivity index (χ1) is 9.76. The van der Waals surface area contributed by atoms with Crippen molar-refractivity contribution in [2.24, 2.45) is 0 Å². The number of amides is 1. The Bertz CT molecular complexity index is 520. The van der Waals surface area contributed by atoms with E-state index in [-0.39, 0.29) is 5.91 Å². The molecular weight excluding hydrogens is 290 g/mol. The van der Waals surface area contributed by atoms with Gasteiger partial charge in [-0.15, -0.1) is 0 Å². The Kier molecular flexibility index (Phi) is 4.86. The van der Waals surface area contributed by atoms with E-state index in [0.29, 0.717) is 30.2 Å². The molecule has 2 heterocycles. The van der Waals surface area contributed by atoms with Crippen LogP contribution >= 0.6 is 11.6 Å². The second-order valence-electron chi connectivity index (χ2n) is 6.19. The van der Waals surface area contributed by atoms with Crippen LogP contribution in [0.15, 0.2) is 12.3 Å². The number of rotatable bonds is 3. The minimum atomic E-state index is -0.712. The Hall–Kier alpha value is -1.17. The highest BCUT2D eigenvalue weighted by molar-refractivity contribution is 6.33. The van der Waals surface area contributed by atoms with Gasteiger partial charge in [0, 0.05) is 44.6 Å². The number of aromatic nitrogens is 1. The molecule has 0 unspecified atom stereocenters. The van der Waals surface area contributed by atoms with Gasteiger partial charge in [-0.25, -0.2) is 0 Å². The summed E-state index contributed by atoms with van der Waals surface area (Å²) in [6.07, 6.45) is 1.54. The molecule has 2 rings (SSSR count). The molecule has 1 aliphatic rings. The van der Waals surface area contributed by atoms with Crippen molar-refractivity contribution >= 4 is 17.5 Å². The molecule has 0 atom stereocenters. The van der Waals surface area contributed by atoms with Crippen molar-refractivity contribution in [1.29, 1.82) is 0 Å². The Morgan fingerprint density at radius 3 is 2.52 bits per heavy atom. The zero-order valence-electron chi connectivity index (χ0n) is 12.8. The molecule has 116 valence electrons. The third-order valence-corrected chi connectivity index (χ3v) is 3.80. The lowest BCUT2D eigenvalue weighted by Crippen LogP contribution is -2.52. The number of hydrogen-bond acceptors (Lipinski definition) is 4. The standard InChI is InChI=1S/C15H22ClN3O2/c1-11-8-13(16)12(9-17-11)14(20)19-6-4-18(5-7-19)10-15(2,3)21/h8-9,21H,4-7,10H2,1-3H3. The lowest BCUT2D eigenvalue weighted by atomic mass is 10.1. The number of hydrogen-bond donors (Lipinski definition) is 1. The van der Waals surface area contributed by atoms with Crippen LogP contribution in [0.5, 0.6) is 0 Å². The summed E-state index contributed by atoms with van der Waals surface area (Å²) in [5.41, 5.74) is 0.542. The topological polar surface area (TPSA) is 56.7 Å². The normalized spacial score (nSPS) is 17.1. The fraction of sp³-hybridized carbons (Fsp3) is 0.600.